The van der Waals surface area contributed by atoms with Gasteiger partial charge in [0.25, 0.3) is 11.8 Å². The summed E-state index contributed by atoms with van der Waals surface area (Å²) in [7, 11) is 0. The number of carbonyl (C=O) groups excluding carboxylic acids is 4. The fourth-order valence-corrected chi connectivity index (χ4v) is 4.49. The van der Waals surface area contributed by atoms with Crippen LogP contribution in [0.2, 0.25) is 0 Å². The van der Waals surface area contributed by atoms with Gasteiger partial charge in [-0.3, -0.25) is 14.5 Å². The van der Waals surface area contributed by atoms with E-state index in [1.54, 1.807) is 0 Å². The number of rotatable bonds is 6. The van der Waals surface area contributed by atoms with Crippen molar-refractivity contribution in [3.8, 4) is 12.1 Å². The third-order valence-corrected chi connectivity index (χ3v) is 6.25. The SMILES string of the molecule is CC(C)=CCCC(C)CCN1C(=O)c2cc(C#N)c3c4c(cc(C#N)c(c24)C1=O)C(=O)OC3=O. The molecule has 2 aliphatic heterocycles. The molecule has 0 bridgehead atoms. The van der Waals surface area contributed by atoms with Gasteiger partial charge in [-0.1, -0.05) is 18.6 Å². The van der Waals surface area contributed by atoms with E-state index in [1.807, 2.05) is 32.9 Å². The smallest absolute Gasteiger partial charge is 0.348 e. The molecule has 8 nitrogen and oxygen atoms in total. The van der Waals surface area contributed by atoms with Gasteiger partial charge >= 0.3 is 11.9 Å². The van der Waals surface area contributed by atoms with E-state index in [-0.39, 0.29) is 56.6 Å². The fraction of sp³-hybridized carbons (Fsp3) is 0.308. The zero-order valence-electron chi connectivity index (χ0n) is 19.0. The molecule has 2 aromatic carbocycles. The van der Waals surface area contributed by atoms with Crippen LogP contribution >= 0.6 is 0 Å². The van der Waals surface area contributed by atoms with E-state index >= 15 is 0 Å². The maximum atomic E-state index is 13.4. The molecule has 1 unspecified atom stereocenters. The van der Waals surface area contributed by atoms with Crippen LogP contribution in [0.15, 0.2) is 23.8 Å². The topological polar surface area (TPSA) is 128 Å². The predicted molar refractivity (Wildman–Crippen MR) is 121 cm³/mol. The molecule has 0 radical (unpaired) electrons. The van der Waals surface area contributed by atoms with Gasteiger partial charge in [-0.2, -0.15) is 10.5 Å². The Labute approximate surface area is 196 Å². The number of carbonyl (C=O) groups is 4. The molecule has 2 heterocycles. The molecule has 0 aromatic heterocycles. The largest absolute Gasteiger partial charge is 0.386 e. The third kappa shape index (κ3) is 3.54. The van der Waals surface area contributed by atoms with Gasteiger partial charge < -0.3 is 4.74 Å². The minimum atomic E-state index is -1.02. The van der Waals surface area contributed by atoms with E-state index in [4.69, 9.17) is 4.74 Å². The standard InChI is InChI=1S/C26H21N3O5/c1-13(2)5-4-6-14(3)7-8-29-23(30)17-9-16(12-28)20-22-18(25(32)34-26(20)33)10-15(11-27)19(21(17)22)24(29)31/h5,9-10,14H,4,6-8H2,1-3H3. The van der Waals surface area contributed by atoms with E-state index in [0.29, 0.717) is 6.42 Å². The number of benzene rings is 2. The van der Waals surface area contributed by atoms with Crippen molar-refractivity contribution in [3.63, 3.8) is 0 Å². The van der Waals surface area contributed by atoms with Gasteiger partial charge in [0, 0.05) is 17.3 Å². The highest BCUT2D eigenvalue weighted by molar-refractivity contribution is 6.32. The van der Waals surface area contributed by atoms with Gasteiger partial charge in [-0.05, 0) is 51.2 Å². The lowest BCUT2D eigenvalue weighted by Gasteiger charge is -2.30. The van der Waals surface area contributed by atoms with Crippen LogP contribution in [0.25, 0.3) is 10.8 Å². The van der Waals surface area contributed by atoms with Crippen LogP contribution in [-0.2, 0) is 4.74 Å². The third-order valence-electron chi connectivity index (χ3n) is 6.25. The minimum Gasteiger partial charge on any atom is -0.386 e. The highest BCUT2D eigenvalue weighted by Crippen LogP contribution is 2.40. The van der Waals surface area contributed by atoms with E-state index in [0.717, 1.165) is 17.7 Å². The Balaban J connectivity index is 1.83. The molecular weight excluding hydrogens is 434 g/mol. The molecule has 1 atom stereocenters. The number of amides is 2. The van der Waals surface area contributed by atoms with Gasteiger partial charge in [-0.15, -0.1) is 0 Å². The monoisotopic (exact) mass is 455 g/mol. The van der Waals surface area contributed by atoms with E-state index in [9.17, 15) is 29.7 Å². The summed E-state index contributed by atoms with van der Waals surface area (Å²) in [5.41, 5.74) is 0.683. The minimum absolute atomic E-state index is 0.0146. The number of esters is 2. The van der Waals surface area contributed by atoms with Crippen LogP contribution in [-0.4, -0.2) is 35.2 Å². The quantitative estimate of drug-likeness (QED) is 0.275. The van der Waals surface area contributed by atoms with Crippen molar-refractivity contribution in [2.24, 2.45) is 5.92 Å². The van der Waals surface area contributed by atoms with Gasteiger partial charge in [0.15, 0.2) is 0 Å². The van der Waals surface area contributed by atoms with Gasteiger partial charge in [-0.25, -0.2) is 9.59 Å². The molecule has 0 saturated heterocycles. The molecule has 0 spiro atoms. The van der Waals surface area contributed by atoms with Crippen LogP contribution < -0.4 is 0 Å². The number of nitrogens with zero attached hydrogens (tertiary/aromatic N) is 3. The number of hydrogen-bond acceptors (Lipinski definition) is 7. The van der Waals surface area contributed by atoms with Gasteiger partial charge in [0.1, 0.15) is 12.1 Å². The average Bonchev–Trinajstić information content (AvgIpc) is 2.79. The normalized spacial score (nSPS) is 15.0. The summed E-state index contributed by atoms with van der Waals surface area (Å²) >= 11 is 0. The molecule has 4 rings (SSSR count). The Hall–Kier alpha value is -4.30. The molecule has 34 heavy (non-hydrogen) atoms. The molecule has 2 amide bonds. The predicted octanol–water partition coefficient (Wildman–Crippen LogP) is 4.26. The average molecular weight is 455 g/mol. The number of ether oxygens (including phenoxy) is 1. The van der Waals surface area contributed by atoms with E-state index < -0.39 is 23.8 Å². The first kappa shape index (κ1) is 22.9. The maximum Gasteiger partial charge on any atom is 0.348 e. The Morgan fingerprint density at radius 1 is 0.941 bits per heavy atom. The first-order valence-corrected chi connectivity index (χ1v) is 10.9. The van der Waals surface area contributed by atoms with Crippen molar-refractivity contribution in [2.75, 3.05) is 6.54 Å². The second kappa shape index (κ2) is 8.57. The van der Waals surface area contributed by atoms with Crippen molar-refractivity contribution in [3.05, 3.63) is 57.2 Å². The van der Waals surface area contributed by atoms with Crippen LogP contribution in [0.4, 0.5) is 0 Å². The number of cyclic esters (lactones) is 2. The molecule has 0 saturated carbocycles. The van der Waals surface area contributed by atoms with E-state index in [2.05, 4.69) is 6.08 Å². The van der Waals surface area contributed by atoms with Crippen LogP contribution in [0.1, 0.15) is 92.6 Å². The Morgan fingerprint density at radius 2 is 1.56 bits per heavy atom. The summed E-state index contributed by atoms with van der Waals surface area (Å²) in [5.74, 6) is -3.05. The molecule has 2 aliphatic rings. The molecule has 0 N–H and O–H groups in total. The Bertz CT molecular complexity index is 1420. The van der Waals surface area contributed by atoms with Crippen molar-refractivity contribution < 1.29 is 23.9 Å². The maximum absolute atomic E-state index is 13.4. The molecule has 8 heteroatoms. The van der Waals surface area contributed by atoms with Gasteiger partial charge in [0.05, 0.1) is 33.4 Å². The lowest BCUT2D eigenvalue weighted by Crippen LogP contribution is -2.42. The zero-order chi connectivity index (χ0) is 24.7. The van der Waals surface area contributed by atoms with Crippen LogP contribution in [0.3, 0.4) is 0 Å². The first-order valence-electron chi connectivity index (χ1n) is 10.9. The lowest BCUT2D eigenvalue weighted by molar-refractivity contribution is 0.0388. The summed E-state index contributed by atoms with van der Waals surface area (Å²) < 4.78 is 4.74. The highest BCUT2D eigenvalue weighted by atomic mass is 16.6. The van der Waals surface area contributed by atoms with Crippen molar-refractivity contribution >= 4 is 34.5 Å². The number of allylic oxidation sites excluding steroid dienone is 2. The molecule has 170 valence electrons. The lowest BCUT2D eigenvalue weighted by atomic mass is 9.83. The Morgan fingerprint density at radius 3 is 2.21 bits per heavy atom. The van der Waals surface area contributed by atoms with Crippen LogP contribution in [0, 0.1) is 28.6 Å². The van der Waals surface area contributed by atoms with Crippen molar-refractivity contribution in [1.29, 1.82) is 10.5 Å². The van der Waals surface area contributed by atoms with E-state index in [1.165, 1.54) is 17.7 Å². The summed E-state index contributed by atoms with van der Waals surface area (Å²) in [5, 5.41) is 19.4. The van der Waals surface area contributed by atoms with Crippen molar-refractivity contribution in [2.45, 2.75) is 40.0 Å². The second-order valence-electron chi connectivity index (χ2n) is 8.86. The van der Waals surface area contributed by atoms with Gasteiger partial charge in [0.2, 0.25) is 0 Å². The summed E-state index contributed by atoms with van der Waals surface area (Å²) in [4.78, 5) is 52.7. The fourth-order valence-electron chi connectivity index (χ4n) is 4.49. The summed E-state index contributed by atoms with van der Waals surface area (Å²) in [6.07, 6.45) is 4.50. The second-order valence-corrected chi connectivity index (χ2v) is 8.86. The molecule has 0 aliphatic carbocycles. The molecule has 2 aromatic rings. The number of hydrogen-bond donors (Lipinski definition) is 0. The summed E-state index contributed by atoms with van der Waals surface area (Å²) in [6.45, 7) is 6.24. The first-order chi connectivity index (χ1) is 16.2. The van der Waals surface area contributed by atoms with Crippen LogP contribution in [0.5, 0.6) is 0 Å². The summed E-state index contributed by atoms with van der Waals surface area (Å²) in [6, 6.07) is 6.24. The molecule has 0 fully saturated rings. The zero-order valence-corrected chi connectivity index (χ0v) is 19.0. The van der Waals surface area contributed by atoms with Crippen molar-refractivity contribution in [1.82, 2.24) is 4.90 Å². The molecular formula is C26H21N3O5. The number of nitriles is 2. The number of imide groups is 1. The highest BCUT2D eigenvalue weighted by Gasteiger charge is 2.41. The Kier molecular flexibility index (Phi) is 5.76.